The Balaban J connectivity index is 4.01. The van der Waals surface area contributed by atoms with Gasteiger partial charge in [0.2, 0.25) is 5.91 Å². The predicted octanol–water partition coefficient (Wildman–Crippen LogP) is -0.856. The van der Waals surface area contributed by atoms with Crippen LogP contribution < -0.4 is 5.32 Å². The van der Waals surface area contributed by atoms with Crippen LogP contribution in [0.15, 0.2) is 0 Å². The van der Waals surface area contributed by atoms with Gasteiger partial charge in [0.05, 0.1) is 13.7 Å². The third-order valence-electron chi connectivity index (χ3n) is 1.66. The highest BCUT2D eigenvalue weighted by Gasteiger charge is 2.20. The van der Waals surface area contributed by atoms with Crippen LogP contribution in [0.1, 0.15) is 13.3 Å². The molecule has 0 saturated heterocycles. The summed E-state index contributed by atoms with van der Waals surface area (Å²) in [6.07, 6.45) is 0.820. The van der Waals surface area contributed by atoms with Gasteiger partial charge in [0.25, 0.3) is 0 Å². The Labute approximate surface area is 88.6 Å². The molecule has 0 bridgehead atoms. The molecule has 86 valence electrons. The second-order valence-corrected chi connectivity index (χ2v) is 3.00. The maximum Gasteiger partial charge on any atom is 0.396 e. The molecule has 0 aliphatic carbocycles. The molecule has 0 spiro atoms. The van der Waals surface area contributed by atoms with E-state index in [1.54, 1.807) is 0 Å². The number of ether oxygens (including phenoxy) is 1. The molecule has 0 fully saturated rings. The first-order valence-corrected chi connectivity index (χ1v) is 4.63. The van der Waals surface area contributed by atoms with E-state index in [2.05, 4.69) is 10.1 Å². The topological polar surface area (TPSA) is 75.7 Å². The Morgan fingerprint density at radius 1 is 1.33 bits per heavy atom. The van der Waals surface area contributed by atoms with Gasteiger partial charge in [-0.05, 0) is 6.42 Å². The van der Waals surface area contributed by atoms with Crippen molar-refractivity contribution in [2.75, 3.05) is 27.2 Å². The molecule has 1 N–H and O–H groups in total. The average Bonchev–Trinajstić information content (AvgIpc) is 2.23. The number of nitrogens with one attached hydrogen (secondary N) is 1. The number of nitrogens with zero attached hydrogens (tertiary/aromatic N) is 1. The first-order valence-electron chi connectivity index (χ1n) is 4.63. The van der Waals surface area contributed by atoms with Crippen LogP contribution in [0.2, 0.25) is 0 Å². The van der Waals surface area contributed by atoms with E-state index in [0.29, 0.717) is 6.54 Å². The Morgan fingerprint density at radius 2 is 1.93 bits per heavy atom. The van der Waals surface area contributed by atoms with Gasteiger partial charge >= 0.3 is 11.9 Å². The minimum atomic E-state index is -0.971. The van der Waals surface area contributed by atoms with Crippen molar-refractivity contribution in [3.05, 3.63) is 0 Å². The Morgan fingerprint density at radius 3 is 2.40 bits per heavy atom. The second kappa shape index (κ2) is 6.80. The summed E-state index contributed by atoms with van der Waals surface area (Å²) in [5.41, 5.74) is 0. The summed E-state index contributed by atoms with van der Waals surface area (Å²) >= 11 is 0. The molecule has 0 aliphatic rings. The fourth-order valence-corrected chi connectivity index (χ4v) is 0.851. The number of methoxy groups -OCH3 is 1. The van der Waals surface area contributed by atoms with E-state index in [1.807, 2.05) is 6.92 Å². The third-order valence-corrected chi connectivity index (χ3v) is 1.66. The van der Waals surface area contributed by atoms with Crippen molar-refractivity contribution in [1.29, 1.82) is 0 Å². The molecule has 0 atom stereocenters. The maximum absolute atomic E-state index is 11.2. The normalized spacial score (nSPS) is 9.27. The molecule has 0 aromatic rings. The first kappa shape index (κ1) is 13.4. The molecule has 6 heteroatoms. The number of amides is 2. The van der Waals surface area contributed by atoms with Crippen molar-refractivity contribution in [3.8, 4) is 0 Å². The van der Waals surface area contributed by atoms with Crippen molar-refractivity contribution < 1.29 is 19.1 Å². The SMILES string of the molecule is CCCNC(=O)CN(C)C(=O)C(=O)OC. The van der Waals surface area contributed by atoms with E-state index in [-0.39, 0.29) is 12.5 Å². The van der Waals surface area contributed by atoms with Crippen LogP contribution in [0.25, 0.3) is 0 Å². The standard InChI is InChI=1S/C9H16N2O4/c1-4-5-10-7(12)6-11(2)8(13)9(14)15-3/h4-6H2,1-3H3,(H,10,12). The molecule has 0 heterocycles. The predicted molar refractivity (Wildman–Crippen MR) is 53.0 cm³/mol. The van der Waals surface area contributed by atoms with Gasteiger partial charge in [-0.2, -0.15) is 0 Å². The molecular formula is C9H16N2O4. The number of likely N-dealkylation sites (N-methyl/N-ethyl adjacent to an activating group) is 1. The summed E-state index contributed by atoms with van der Waals surface area (Å²) in [6.45, 7) is 2.33. The van der Waals surface area contributed by atoms with Gasteiger partial charge in [0.1, 0.15) is 0 Å². The monoisotopic (exact) mass is 216 g/mol. The van der Waals surface area contributed by atoms with Crippen LogP contribution in [0.5, 0.6) is 0 Å². The van der Waals surface area contributed by atoms with E-state index in [9.17, 15) is 14.4 Å². The summed E-state index contributed by atoms with van der Waals surface area (Å²) in [5, 5.41) is 2.59. The number of hydrogen-bond acceptors (Lipinski definition) is 4. The van der Waals surface area contributed by atoms with Crippen molar-refractivity contribution in [1.82, 2.24) is 10.2 Å². The van der Waals surface area contributed by atoms with E-state index in [0.717, 1.165) is 18.4 Å². The quantitative estimate of drug-likeness (QED) is 0.490. The number of carbonyl (C=O) groups is 3. The lowest BCUT2D eigenvalue weighted by atomic mass is 10.4. The molecule has 0 aromatic carbocycles. The van der Waals surface area contributed by atoms with Crippen molar-refractivity contribution in [2.24, 2.45) is 0 Å². The molecule has 15 heavy (non-hydrogen) atoms. The lowest BCUT2D eigenvalue weighted by molar-refractivity contribution is -0.157. The van der Waals surface area contributed by atoms with Gasteiger partial charge < -0.3 is 15.0 Å². The summed E-state index contributed by atoms with van der Waals surface area (Å²) < 4.78 is 4.23. The fourth-order valence-electron chi connectivity index (χ4n) is 0.851. The highest BCUT2D eigenvalue weighted by molar-refractivity contribution is 6.32. The van der Waals surface area contributed by atoms with Crippen LogP contribution in [0.4, 0.5) is 0 Å². The van der Waals surface area contributed by atoms with Crippen molar-refractivity contribution in [2.45, 2.75) is 13.3 Å². The highest BCUT2D eigenvalue weighted by Crippen LogP contribution is 1.87. The number of rotatable bonds is 4. The van der Waals surface area contributed by atoms with E-state index >= 15 is 0 Å². The third kappa shape index (κ3) is 4.99. The minimum Gasteiger partial charge on any atom is -0.462 e. The maximum atomic E-state index is 11.2. The fraction of sp³-hybridized carbons (Fsp3) is 0.667. The van der Waals surface area contributed by atoms with Crippen LogP contribution in [0.3, 0.4) is 0 Å². The molecule has 0 saturated carbocycles. The smallest absolute Gasteiger partial charge is 0.396 e. The highest BCUT2D eigenvalue weighted by atomic mass is 16.5. The van der Waals surface area contributed by atoms with E-state index < -0.39 is 11.9 Å². The molecular weight excluding hydrogens is 200 g/mol. The van der Waals surface area contributed by atoms with Gasteiger partial charge in [0, 0.05) is 13.6 Å². The Hall–Kier alpha value is -1.59. The van der Waals surface area contributed by atoms with Gasteiger partial charge in [-0.1, -0.05) is 6.92 Å². The minimum absolute atomic E-state index is 0.145. The molecule has 0 radical (unpaired) electrons. The summed E-state index contributed by atoms with van der Waals surface area (Å²) in [5.74, 6) is -2.10. The van der Waals surface area contributed by atoms with Crippen LogP contribution in [0, 0.1) is 0 Å². The summed E-state index contributed by atoms with van der Waals surface area (Å²) in [7, 11) is 2.48. The van der Waals surface area contributed by atoms with Crippen LogP contribution in [-0.4, -0.2) is 49.9 Å². The summed E-state index contributed by atoms with van der Waals surface area (Å²) in [6, 6.07) is 0. The zero-order valence-electron chi connectivity index (χ0n) is 9.20. The Bertz CT molecular complexity index is 252. The van der Waals surface area contributed by atoms with Gasteiger partial charge in [-0.15, -0.1) is 0 Å². The van der Waals surface area contributed by atoms with Crippen molar-refractivity contribution >= 4 is 17.8 Å². The lowest BCUT2D eigenvalue weighted by Gasteiger charge is -2.14. The number of hydrogen-bond donors (Lipinski definition) is 1. The van der Waals surface area contributed by atoms with Crippen LogP contribution in [-0.2, 0) is 19.1 Å². The first-order chi connectivity index (χ1) is 7.02. The van der Waals surface area contributed by atoms with Gasteiger partial charge in [-0.3, -0.25) is 9.59 Å². The largest absolute Gasteiger partial charge is 0.462 e. The van der Waals surface area contributed by atoms with E-state index in [4.69, 9.17) is 0 Å². The van der Waals surface area contributed by atoms with Crippen molar-refractivity contribution in [3.63, 3.8) is 0 Å². The zero-order chi connectivity index (χ0) is 11.8. The zero-order valence-corrected chi connectivity index (χ0v) is 9.20. The Kier molecular flexibility index (Phi) is 6.08. The molecule has 0 aliphatic heterocycles. The van der Waals surface area contributed by atoms with Crippen LogP contribution >= 0.6 is 0 Å². The van der Waals surface area contributed by atoms with E-state index in [1.165, 1.54) is 7.05 Å². The molecule has 2 amide bonds. The second-order valence-electron chi connectivity index (χ2n) is 3.00. The van der Waals surface area contributed by atoms with Gasteiger partial charge in [0.15, 0.2) is 0 Å². The lowest BCUT2D eigenvalue weighted by Crippen LogP contribution is -2.41. The number of carbonyl (C=O) groups excluding carboxylic acids is 3. The molecule has 0 aromatic heterocycles. The molecule has 0 unspecified atom stereocenters. The molecule has 0 rings (SSSR count). The number of esters is 1. The summed E-state index contributed by atoms with van der Waals surface area (Å²) in [4.78, 5) is 34.1. The van der Waals surface area contributed by atoms with Gasteiger partial charge in [-0.25, -0.2) is 4.79 Å². The average molecular weight is 216 g/mol. The molecule has 6 nitrogen and oxygen atoms in total.